The van der Waals surface area contributed by atoms with E-state index >= 15 is 0 Å². The van der Waals surface area contributed by atoms with E-state index in [1.165, 1.54) is 6.92 Å². The van der Waals surface area contributed by atoms with Gasteiger partial charge < -0.3 is 24.9 Å². The maximum Gasteiger partial charge on any atom is 0.270 e. The minimum Gasteiger partial charge on any atom is -0.548 e. The number of ether oxygens (including phenoxy) is 1. The predicted octanol–water partition coefficient (Wildman–Crippen LogP) is 2.65. The van der Waals surface area contributed by atoms with Gasteiger partial charge in [-0.3, -0.25) is 4.79 Å². The van der Waals surface area contributed by atoms with Gasteiger partial charge in [-0.2, -0.15) is 0 Å². The highest BCUT2D eigenvalue weighted by atomic mass is 16.5. The number of carboxylic acids is 1. The van der Waals surface area contributed by atoms with Gasteiger partial charge in [-0.15, -0.1) is 0 Å². The molecule has 0 bridgehead atoms. The van der Waals surface area contributed by atoms with Gasteiger partial charge in [-0.25, -0.2) is 4.98 Å². The predicted molar refractivity (Wildman–Crippen MR) is 112 cm³/mol. The molecule has 30 heavy (non-hydrogen) atoms. The largest absolute Gasteiger partial charge is 0.548 e. The van der Waals surface area contributed by atoms with Crippen molar-refractivity contribution < 1.29 is 19.4 Å². The van der Waals surface area contributed by atoms with E-state index in [1.807, 2.05) is 55.5 Å². The van der Waals surface area contributed by atoms with E-state index in [0.29, 0.717) is 18.1 Å². The topological polar surface area (TPSA) is 107 Å². The standard InChI is InChI=1S/C23H21N3O4/c1-3-30-19-11-7-5-9-15(19)20-21-16(14-8-4-6-10-17(14)25-21)12-18(26-20)22(27)24-13(2)23(28)29/h4-13,25H,3H2,1-2H3,(H,24,27)(H,28,29)/p-1/t13-/m1/s1. The maximum absolute atomic E-state index is 12.7. The van der Waals surface area contributed by atoms with Gasteiger partial charge in [0.1, 0.15) is 11.4 Å². The number of fused-ring (bicyclic) bond motifs is 3. The summed E-state index contributed by atoms with van der Waals surface area (Å²) in [6.45, 7) is 3.73. The lowest BCUT2D eigenvalue weighted by atomic mass is 10.1. The van der Waals surface area contributed by atoms with Crippen LogP contribution in [0.1, 0.15) is 24.3 Å². The van der Waals surface area contributed by atoms with Crippen molar-refractivity contribution in [3.05, 3.63) is 60.3 Å². The molecular weight excluding hydrogens is 382 g/mol. The highest BCUT2D eigenvalue weighted by Gasteiger charge is 2.20. The molecule has 0 aliphatic heterocycles. The van der Waals surface area contributed by atoms with Gasteiger partial charge in [0.15, 0.2) is 0 Å². The Morgan fingerprint density at radius 3 is 2.63 bits per heavy atom. The first-order chi connectivity index (χ1) is 14.5. The van der Waals surface area contributed by atoms with Gasteiger partial charge in [0.05, 0.1) is 29.8 Å². The van der Waals surface area contributed by atoms with Gasteiger partial charge in [-0.05, 0) is 38.1 Å². The number of carbonyl (C=O) groups is 2. The van der Waals surface area contributed by atoms with Crippen molar-refractivity contribution >= 4 is 33.7 Å². The summed E-state index contributed by atoms with van der Waals surface area (Å²) in [4.78, 5) is 31.8. The Labute approximate surface area is 172 Å². The van der Waals surface area contributed by atoms with Crippen LogP contribution in [0.2, 0.25) is 0 Å². The van der Waals surface area contributed by atoms with Crippen LogP contribution < -0.4 is 15.2 Å². The second kappa shape index (κ2) is 7.87. The summed E-state index contributed by atoms with van der Waals surface area (Å²) in [5.74, 6) is -1.31. The molecule has 1 amide bonds. The molecule has 0 unspecified atom stereocenters. The molecule has 0 aliphatic rings. The van der Waals surface area contributed by atoms with Crippen molar-refractivity contribution in [2.24, 2.45) is 0 Å². The van der Waals surface area contributed by atoms with Crippen LogP contribution in [-0.4, -0.2) is 34.5 Å². The molecule has 4 rings (SSSR count). The third-order valence-electron chi connectivity index (χ3n) is 4.87. The fourth-order valence-corrected chi connectivity index (χ4v) is 3.43. The lowest BCUT2D eigenvalue weighted by Gasteiger charge is -2.15. The number of hydrogen-bond acceptors (Lipinski definition) is 5. The van der Waals surface area contributed by atoms with Crippen LogP contribution in [0.3, 0.4) is 0 Å². The van der Waals surface area contributed by atoms with Crippen molar-refractivity contribution in [3.63, 3.8) is 0 Å². The molecule has 7 nitrogen and oxygen atoms in total. The number of carboxylic acid groups (broad SMARTS) is 1. The van der Waals surface area contributed by atoms with Crippen molar-refractivity contribution in [2.75, 3.05) is 6.61 Å². The summed E-state index contributed by atoms with van der Waals surface area (Å²) in [5.41, 5.74) is 3.08. The first-order valence-electron chi connectivity index (χ1n) is 9.65. The molecular formula is C23H20N3O4-. The van der Waals surface area contributed by atoms with Gasteiger partial charge >= 0.3 is 0 Å². The molecule has 7 heteroatoms. The molecule has 152 valence electrons. The first kappa shape index (κ1) is 19.4. The molecule has 0 saturated carbocycles. The number of aromatic amines is 1. The molecule has 1 atom stereocenters. The van der Waals surface area contributed by atoms with E-state index < -0.39 is 17.9 Å². The minimum absolute atomic E-state index is 0.113. The van der Waals surface area contributed by atoms with Crippen molar-refractivity contribution in [1.29, 1.82) is 0 Å². The Morgan fingerprint density at radius 1 is 1.13 bits per heavy atom. The third-order valence-corrected chi connectivity index (χ3v) is 4.87. The van der Waals surface area contributed by atoms with Crippen LogP contribution in [0, 0.1) is 0 Å². The molecule has 0 spiro atoms. The summed E-state index contributed by atoms with van der Waals surface area (Å²) in [6.07, 6.45) is 0. The number of H-pyrrole nitrogens is 1. The Morgan fingerprint density at radius 2 is 1.87 bits per heavy atom. The monoisotopic (exact) mass is 402 g/mol. The molecule has 0 saturated heterocycles. The van der Waals surface area contributed by atoms with E-state index in [-0.39, 0.29) is 5.69 Å². The number of amides is 1. The smallest absolute Gasteiger partial charge is 0.270 e. The maximum atomic E-state index is 12.7. The fraction of sp³-hybridized carbons (Fsp3) is 0.174. The first-order valence-corrected chi connectivity index (χ1v) is 9.65. The number of hydrogen-bond donors (Lipinski definition) is 2. The summed E-state index contributed by atoms with van der Waals surface area (Å²) in [6, 6.07) is 15.7. The third kappa shape index (κ3) is 3.45. The van der Waals surface area contributed by atoms with Crippen LogP contribution >= 0.6 is 0 Å². The number of aromatic nitrogens is 2. The second-order valence-electron chi connectivity index (χ2n) is 6.89. The zero-order chi connectivity index (χ0) is 21.3. The lowest BCUT2D eigenvalue weighted by molar-refractivity contribution is -0.307. The Hall–Kier alpha value is -3.87. The van der Waals surface area contributed by atoms with Crippen LogP contribution in [0.25, 0.3) is 33.1 Å². The summed E-state index contributed by atoms with van der Waals surface area (Å²) < 4.78 is 5.77. The van der Waals surface area contributed by atoms with Crippen LogP contribution in [0.5, 0.6) is 5.75 Å². The number of nitrogens with one attached hydrogen (secondary N) is 2. The lowest BCUT2D eigenvalue weighted by Crippen LogP contribution is -2.46. The number of para-hydroxylation sites is 2. The number of pyridine rings is 1. The van der Waals surface area contributed by atoms with E-state index in [1.54, 1.807) is 6.07 Å². The quantitative estimate of drug-likeness (QED) is 0.516. The molecule has 2 N–H and O–H groups in total. The zero-order valence-corrected chi connectivity index (χ0v) is 16.6. The highest BCUT2D eigenvalue weighted by Crippen LogP contribution is 2.36. The Balaban J connectivity index is 1.96. The van der Waals surface area contributed by atoms with Gasteiger partial charge in [0.25, 0.3) is 5.91 Å². The van der Waals surface area contributed by atoms with E-state index in [2.05, 4.69) is 15.3 Å². The fourth-order valence-electron chi connectivity index (χ4n) is 3.43. The number of nitrogens with zero attached hydrogens (tertiary/aromatic N) is 1. The van der Waals surface area contributed by atoms with Crippen molar-refractivity contribution in [3.8, 4) is 17.0 Å². The van der Waals surface area contributed by atoms with Gasteiger partial charge in [-0.1, -0.05) is 30.3 Å². The number of rotatable bonds is 6. The normalized spacial score (nSPS) is 12.1. The average Bonchev–Trinajstić information content (AvgIpc) is 3.12. The Bertz CT molecular complexity index is 1260. The van der Waals surface area contributed by atoms with Crippen molar-refractivity contribution in [2.45, 2.75) is 19.9 Å². The highest BCUT2D eigenvalue weighted by molar-refractivity contribution is 6.13. The zero-order valence-electron chi connectivity index (χ0n) is 16.6. The SMILES string of the molecule is CCOc1ccccc1-c1nc(C(=O)N[C@H](C)C(=O)[O-])cc2c1[nH]c1ccccc12. The number of aliphatic carboxylic acids is 1. The molecule has 4 aromatic rings. The molecule has 2 aromatic heterocycles. The molecule has 0 radical (unpaired) electrons. The van der Waals surface area contributed by atoms with Crippen LogP contribution in [-0.2, 0) is 4.79 Å². The summed E-state index contributed by atoms with van der Waals surface area (Å²) in [7, 11) is 0. The minimum atomic E-state index is -1.36. The molecule has 2 aromatic carbocycles. The summed E-state index contributed by atoms with van der Waals surface area (Å²) in [5, 5.41) is 15.2. The van der Waals surface area contributed by atoms with E-state index in [9.17, 15) is 14.7 Å². The number of benzene rings is 2. The van der Waals surface area contributed by atoms with Crippen LogP contribution in [0.15, 0.2) is 54.6 Å². The number of carbonyl (C=O) groups excluding carboxylic acids is 2. The van der Waals surface area contributed by atoms with Gasteiger partial charge in [0, 0.05) is 21.9 Å². The molecule has 0 aliphatic carbocycles. The second-order valence-corrected chi connectivity index (χ2v) is 6.89. The van der Waals surface area contributed by atoms with E-state index in [4.69, 9.17) is 4.74 Å². The average molecular weight is 402 g/mol. The van der Waals surface area contributed by atoms with Crippen LogP contribution in [0.4, 0.5) is 0 Å². The molecule has 2 heterocycles. The summed E-state index contributed by atoms with van der Waals surface area (Å²) >= 11 is 0. The Kier molecular flexibility index (Phi) is 5.10. The van der Waals surface area contributed by atoms with E-state index in [0.717, 1.165) is 27.4 Å². The van der Waals surface area contributed by atoms with Crippen molar-refractivity contribution in [1.82, 2.24) is 15.3 Å². The van der Waals surface area contributed by atoms with Gasteiger partial charge in [0.2, 0.25) is 0 Å². The molecule has 0 fully saturated rings.